The van der Waals surface area contributed by atoms with Crippen LogP contribution in [-0.2, 0) is 13.1 Å². The van der Waals surface area contributed by atoms with Gasteiger partial charge in [0.15, 0.2) is 5.78 Å². The van der Waals surface area contributed by atoms with Crippen molar-refractivity contribution in [3.8, 4) is 5.75 Å². The zero-order valence-corrected chi connectivity index (χ0v) is 23.5. The van der Waals surface area contributed by atoms with Gasteiger partial charge in [-0.05, 0) is 74.9 Å². The Morgan fingerprint density at radius 3 is 1.84 bits per heavy atom. The van der Waals surface area contributed by atoms with E-state index >= 15 is 0 Å². The zero-order chi connectivity index (χ0) is 25.6. The summed E-state index contributed by atoms with van der Waals surface area (Å²) in [6, 6.07) is 26.0. The number of nitrogens with zero attached hydrogens (tertiary/aromatic N) is 2. The smallest absolute Gasteiger partial charge is 0.193 e. The number of carbonyl (C=O) groups is 1. The molecule has 0 atom stereocenters. The molecule has 0 unspecified atom stereocenters. The van der Waals surface area contributed by atoms with Crippen LogP contribution in [0, 0.1) is 0 Å². The number of halogens is 1. The van der Waals surface area contributed by atoms with Crippen LogP contribution in [0.3, 0.4) is 0 Å². The zero-order valence-electron chi connectivity index (χ0n) is 22.7. The molecule has 0 spiro atoms. The van der Waals surface area contributed by atoms with Gasteiger partial charge < -0.3 is 9.64 Å². The summed E-state index contributed by atoms with van der Waals surface area (Å²) in [6.45, 7) is 10.4. The standard InChI is InChI=1S/C32H42N2O2.ClH/c1-4-34(5-2)23-11-6-7-12-24-36-31-21-19-30(20-22-31)32(35)29-17-15-28(16-18-29)26-33(3)25-27-13-9-8-10-14-27;/h8-10,13-22H,4-7,11-12,23-26H2,1-3H3;1H. The molecule has 0 aliphatic carbocycles. The van der Waals surface area contributed by atoms with E-state index in [9.17, 15) is 4.79 Å². The van der Waals surface area contributed by atoms with Crippen LogP contribution >= 0.6 is 12.4 Å². The molecule has 3 aromatic carbocycles. The maximum Gasteiger partial charge on any atom is 0.193 e. The lowest BCUT2D eigenvalue weighted by Crippen LogP contribution is -2.23. The van der Waals surface area contributed by atoms with E-state index in [2.05, 4.69) is 55.0 Å². The van der Waals surface area contributed by atoms with Gasteiger partial charge >= 0.3 is 0 Å². The number of rotatable bonds is 16. The molecule has 3 aromatic rings. The maximum atomic E-state index is 12.9. The molecule has 0 fully saturated rings. The number of ketones is 1. The van der Waals surface area contributed by atoms with E-state index in [4.69, 9.17) is 4.74 Å². The Labute approximate surface area is 230 Å². The summed E-state index contributed by atoms with van der Waals surface area (Å²) in [4.78, 5) is 17.7. The summed E-state index contributed by atoms with van der Waals surface area (Å²) in [5.74, 6) is 0.866. The van der Waals surface area contributed by atoms with E-state index in [1.807, 2.05) is 54.6 Å². The second kappa shape index (κ2) is 17.0. The van der Waals surface area contributed by atoms with Crippen LogP contribution < -0.4 is 4.74 Å². The molecule has 0 N–H and O–H groups in total. The first-order valence-corrected chi connectivity index (χ1v) is 13.4. The predicted octanol–water partition coefficient (Wildman–Crippen LogP) is 7.25. The SMILES string of the molecule is CCN(CC)CCCCCCOc1ccc(C(=O)c2ccc(CN(C)Cc3ccccc3)cc2)cc1.Cl. The van der Waals surface area contributed by atoms with Crippen molar-refractivity contribution in [2.24, 2.45) is 0 Å². The van der Waals surface area contributed by atoms with Gasteiger partial charge in [0, 0.05) is 24.2 Å². The first-order valence-electron chi connectivity index (χ1n) is 13.4. The second-order valence-corrected chi connectivity index (χ2v) is 9.50. The van der Waals surface area contributed by atoms with Crippen molar-refractivity contribution in [1.29, 1.82) is 0 Å². The highest BCUT2D eigenvalue weighted by Gasteiger charge is 2.10. The highest BCUT2D eigenvalue weighted by Crippen LogP contribution is 2.17. The summed E-state index contributed by atoms with van der Waals surface area (Å²) in [5, 5.41) is 0. The molecule has 0 amide bonds. The minimum atomic E-state index is 0. The fourth-order valence-corrected chi connectivity index (χ4v) is 4.41. The Kier molecular flexibility index (Phi) is 14.0. The third-order valence-corrected chi connectivity index (χ3v) is 6.61. The Bertz CT molecular complexity index is 1020. The van der Waals surface area contributed by atoms with Crippen molar-refractivity contribution < 1.29 is 9.53 Å². The van der Waals surface area contributed by atoms with E-state index in [1.54, 1.807) is 0 Å². The van der Waals surface area contributed by atoms with Crippen LogP contribution in [-0.4, -0.2) is 48.9 Å². The third kappa shape index (κ3) is 10.7. The number of hydrogen-bond donors (Lipinski definition) is 0. The van der Waals surface area contributed by atoms with Crippen LogP contribution in [0.2, 0.25) is 0 Å². The highest BCUT2D eigenvalue weighted by molar-refractivity contribution is 6.09. The van der Waals surface area contributed by atoms with Crippen LogP contribution in [0.5, 0.6) is 5.75 Å². The van der Waals surface area contributed by atoms with Crippen LogP contribution in [0.4, 0.5) is 0 Å². The largest absolute Gasteiger partial charge is 0.494 e. The Morgan fingerprint density at radius 2 is 1.24 bits per heavy atom. The number of benzene rings is 3. The Morgan fingerprint density at radius 1 is 0.703 bits per heavy atom. The molecular formula is C32H43ClN2O2. The van der Waals surface area contributed by atoms with E-state index in [0.717, 1.165) is 45.0 Å². The normalized spacial score (nSPS) is 10.9. The Balaban J connectivity index is 0.00000481. The van der Waals surface area contributed by atoms with Gasteiger partial charge in [-0.3, -0.25) is 9.69 Å². The second-order valence-electron chi connectivity index (χ2n) is 9.50. The molecule has 0 aromatic heterocycles. The van der Waals surface area contributed by atoms with Gasteiger partial charge in [-0.25, -0.2) is 0 Å². The first kappa shape index (κ1) is 30.6. The molecule has 200 valence electrons. The fraction of sp³-hybridized carbons (Fsp3) is 0.406. The molecule has 4 nitrogen and oxygen atoms in total. The minimum Gasteiger partial charge on any atom is -0.494 e. The van der Waals surface area contributed by atoms with Gasteiger partial charge in [-0.1, -0.05) is 81.3 Å². The average Bonchev–Trinajstić information content (AvgIpc) is 2.91. The van der Waals surface area contributed by atoms with Crippen molar-refractivity contribution in [3.05, 3.63) is 101 Å². The van der Waals surface area contributed by atoms with Gasteiger partial charge in [0.1, 0.15) is 5.75 Å². The minimum absolute atomic E-state index is 0. The maximum absolute atomic E-state index is 12.9. The molecule has 5 heteroatoms. The molecule has 0 bridgehead atoms. The quantitative estimate of drug-likeness (QED) is 0.146. The van der Waals surface area contributed by atoms with Crippen molar-refractivity contribution in [3.63, 3.8) is 0 Å². The lowest BCUT2D eigenvalue weighted by atomic mass is 10.0. The molecule has 0 heterocycles. The summed E-state index contributed by atoms with van der Waals surface area (Å²) >= 11 is 0. The number of hydrogen-bond acceptors (Lipinski definition) is 4. The summed E-state index contributed by atoms with van der Waals surface area (Å²) in [7, 11) is 2.11. The summed E-state index contributed by atoms with van der Waals surface area (Å²) in [5.41, 5.74) is 3.89. The van der Waals surface area contributed by atoms with E-state index < -0.39 is 0 Å². The monoisotopic (exact) mass is 522 g/mol. The Hall–Kier alpha value is -2.66. The lowest BCUT2D eigenvalue weighted by molar-refractivity contribution is 0.103. The first-order chi connectivity index (χ1) is 17.6. The van der Waals surface area contributed by atoms with Crippen molar-refractivity contribution in [1.82, 2.24) is 9.80 Å². The van der Waals surface area contributed by atoms with Gasteiger partial charge in [-0.15, -0.1) is 12.4 Å². The third-order valence-electron chi connectivity index (χ3n) is 6.61. The molecule has 0 saturated carbocycles. The molecular weight excluding hydrogens is 480 g/mol. The molecule has 37 heavy (non-hydrogen) atoms. The summed E-state index contributed by atoms with van der Waals surface area (Å²) < 4.78 is 5.89. The topological polar surface area (TPSA) is 32.8 Å². The predicted molar refractivity (Wildman–Crippen MR) is 157 cm³/mol. The van der Waals surface area contributed by atoms with Crippen molar-refractivity contribution >= 4 is 18.2 Å². The van der Waals surface area contributed by atoms with Crippen molar-refractivity contribution in [2.75, 3.05) is 33.3 Å². The van der Waals surface area contributed by atoms with Crippen molar-refractivity contribution in [2.45, 2.75) is 52.6 Å². The van der Waals surface area contributed by atoms with Gasteiger partial charge in [0.25, 0.3) is 0 Å². The van der Waals surface area contributed by atoms with Gasteiger partial charge in [-0.2, -0.15) is 0 Å². The van der Waals surface area contributed by atoms with Gasteiger partial charge in [0.2, 0.25) is 0 Å². The van der Waals surface area contributed by atoms with Gasteiger partial charge in [0.05, 0.1) is 6.61 Å². The molecule has 0 aliphatic heterocycles. The fourth-order valence-electron chi connectivity index (χ4n) is 4.41. The van der Waals surface area contributed by atoms with Crippen LogP contribution in [0.25, 0.3) is 0 Å². The number of unbranched alkanes of at least 4 members (excludes halogenated alkanes) is 3. The molecule has 0 saturated heterocycles. The summed E-state index contributed by atoms with van der Waals surface area (Å²) in [6.07, 6.45) is 4.75. The van der Waals surface area contributed by atoms with E-state index in [1.165, 1.54) is 36.9 Å². The number of carbonyl (C=O) groups excluding carboxylic acids is 1. The average molecular weight is 523 g/mol. The highest BCUT2D eigenvalue weighted by atomic mass is 35.5. The molecule has 0 radical (unpaired) electrons. The van der Waals surface area contributed by atoms with E-state index in [0.29, 0.717) is 11.1 Å². The van der Waals surface area contributed by atoms with Crippen LogP contribution in [0.1, 0.15) is 66.6 Å². The van der Waals surface area contributed by atoms with E-state index in [-0.39, 0.29) is 18.2 Å². The molecule has 3 rings (SSSR count). The van der Waals surface area contributed by atoms with Crippen LogP contribution in [0.15, 0.2) is 78.9 Å². The molecule has 0 aliphatic rings. The number of ether oxygens (including phenoxy) is 1. The lowest BCUT2D eigenvalue weighted by Gasteiger charge is -2.17.